The predicted octanol–water partition coefficient (Wildman–Crippen LogP) is 5.69. The summed E-state index contributed by atoms with van der Waals surface area (Å²) in [6.07, 6.45) is 5.68. The van der Waals surface area contributed by atoms with Crippen molar-refractivity contribution in [3.8, 4) is 0 Å². The van der Waals surface area contributed by atoms with Gasteiger partial charge in [0.15, 0.2) is 0 Å². The average molecular weight is 306 g/mol. The largest absolute Gasteiger partial charge is 0.446 e. The van der Waals surface area contributed by atoms with Crippen LogP contribution in [0.25, 0.3) is 0 Å². The van der Waals surface area contributed by atoms with E-state index in [0.717, 1.165) is 12.8 Å². The number of alkyl halides is 3. The zero-order chi connectivity index (χ0) is 15.0. The summed E-state index contributed by atoms with van der Waals surface area (Å²) >= 11 is -0.134. The zero-order valence-corrected chi connectivity index (χ0v) is 12.4. The van der Waals surface area contributed by atoms with Gasteiger partial charge >= 0.3 is 5.51 Å². The van der Waals surface area contributed by atoms with Crippen molar-refractivity contribution in [2.45, 2.75) is 62.0 Å². The van der Waals surface area contributed by atoms with E-state index in [2.05, 4.69) is 6.92 Å². The van der Waals surface area contributed by atoms with Gasteiger partial charge in [0, 0.05) is 4.90 Å². The molecule has 1 unspecified atom stereocenters. The molecule has 0 saturated heterocycles. The highest BCUT2D eigenvalue weighted by atomic mass is 32.2. The van der Waals surface area contributed by atoms with E-state index in [4.69, 9.17) is 0 Å². The summed E-state index contributed by atoms with van der Waals surface area (Å²) in [5, 5.41) is 9.97. The Hall–Kier alpha value is -0.680. The van der Waals surface area contributed by atoms with Crippen LogP contribution >= 0.6 is 11.8 Å². The standard InChI is InChI=1S/C15H21F3OS/c1-2-3-4-5-6-7-14(19)12-8-10-13(11-9-12)20-15(16,17)18/h8-11,14,19H,2-7H2,1H3. The summed E-state index contributed by atoms with van der Waals surface area (Å²) in [4.78, 5) is 0.149. The molecule has 0 saturated carbocycles. The van der Waals surface area contributed by atoms with E-state index >= 15 is 0 Å². The van der Waals surface area contributed by atoms with Gasteiger partial charge in [0.1, 0.15) is 0 Å². The minimum Gasteiger partial charge on any atom is -0.388 e. The Kier molecular flexibility index (Phi) is 7.45. The number of aliphatic hydroxyl groups is 1. The zero-order valence-electron chi connectivity index (χ0n) is 11.6. The van der Waals surface area contributed by atoms with Crippen LogP contribution in [0.3, 0.4) is 0 Å². The molecule has 0 amide bonds. The Morgan fingerprint density at radius 3 is 2.20 bits per heavy atom. The fourth-order valence-corrected chi connectivity index (χ4v) is 2.54. The molecule has 1 nitrogen and oxygen atoms in total. The van der Waals surface area contributed by atoms with Crippen molar-refractivity contribution in [3.63, 3.8) is 0 Å². The maximum atomic E-state index is 12.2. The maximum absolute atomic E-state index is 12.2. The van der Waals surface area contributed by atoms with Crippen LogP contribution in [0, 0.1) is 0 Å². The molecule has 1 aromatic rings. The Labute approximate surface area is 122 Å². The number of unbranched alkanes of at least 4 members (excludes halogenated alkanes) is 4. The molecule has 0 aliphatic carbocycles. The van der Waals surface area contributed by atoms with Gasteiger partial charge < -0.3 is 5.11 Å². The monoisotopic (exact) mass is 306 g/mol. The molecule has 5 heteroatoms. The van der Waals surface area contributed by atoms with E-state index in [0.29, 0.717) is 12.0 Å². The third-order valence-electron chi connectivity index (χ3n) is 3.08. The van der Waals surface area contributed by atoms with E-state index in [9.17, 15) is 18.3 Å². The number of hydrogen-bond acceptors (Lipinski definition) is 2. The fraction of sp³-hybridized carbons (Fsp3) is 0.600. The molecule has 20 heavy (non-hydrogen) atoms. The van der Waals surface area contributed by atoms with E-state index in [1.54, 1.807) is 12.1 Å². The third-order valence-corrected chi connectivity index (χ3v) is 3.82. The highest BCUT2D eigenvalue weighted by Gasteiger charge is 2.29. The van der Waals surface area contributed by atoms with E-state index < -0.39 is 11.6 Å². The average Bonchev–Trinajstić information content (AvgIpc) is 2.37. The van der Waals surface area contributed by atoms with Crippen LogP contribution < -0.4 is 0 Å². The number of thioether (sulfide) groups is 1. The molecular weight excluding hydrogens is 285 g/mol. The molecule has 0 heterocycles. The smallest absolute Gasteiger partial charge is 0.388 e. The summed E-state index contributed by atoms with van der Waals surface area (Å²) in [5.74, 6) is 0. The molecule has 0 fully saturated rings. The molecule has 0 aromatic heterocycles. The minimum atomic E-state index is -4.26. The Bertz CT molecular complexity index is 376. The SMILES string of the molecule is CCCCCCCC(O)c1ccc(SC(F)(F)F)cc1. The van der Waals surface area contributed by atoms with Crippen molar-refractivity contribution < 1.29 is 18.3 Å². The van der Waals surface area contributed by atoms with Crippen molar-refractivity contribution >= 4 is 11.8 Å². The van der Waals surface area contributed by atoms with Crippen molar-refractivity contribution in [2.24, 2.45) is 0 Å². The minimum absolute atomic E-state index is 0.134. The number of aliphatic hydroxyl groups excluding tert-OH is 1. The summed E-state index contributed by atoms with van der Waals surface area (Å²) in [6.45, 7) is 2.15. The van der Waals surface area contributed by atoms with Crippen LogP contribution in [0.5, 0.6) is 0 Å². The van der Waals surface area contributed by atoms with Crippen LogP contribution in [0.2, 0.25) is 0 Å². The summed E-state index contributed by atoms with van der Waals surface area (Å²) in [6, 6.07) is 5.97. The molecule has 1 rings (SSSR count). The second-order valence-corrected chi connectivity index (χ2v) is 5.97. The normalized spacial score (nSPS) is 13.4. The molecule has 0 aliphatic rings. The Balaban J connectivity index is 2.39. The predicted molar refractivity (Wildman–Crippen MR) is 76.7 cm³/mol. The van der Waals surface area contributed by atoms with Crippen LogP contribution in [0.1, 0.15) is 57.1 Å². The molecule has 0 aliphatic heterocycles. The topological polar surface area (TPSA) is 20.2 Å². The van der Waals surface area contributed by atoms with Gasteiger partial charge in [-0.05, 0) is 35.9 Å². The van der Waals surface area contributed by atoms with E-state index in [-0.39, 0.29) is 16.7 Å². The summed E-state index contributed by atoms with van der Waals surface area (Å²) in [7, 11) is 0. The first-order valence-corrected chi connectivity index (χ1v) is 7.78. The van der Waals surface area contributed by atoms with Gasteiger partial charge in [-0.15, -0.1) is 0 Å². The van der Waals surface area contributed by atoms with Gasteiger partial charge in [-0.25, -0.2) is 0 Å². The summed E-state index contributed by atoms with van der Waals surface area (Å²) in [5.41, 5.74) is -3.58. The van der Waals surface area contributed by atoms with Crippen molar-refractivity contribution in [3.05, 3.63) is 29.8 Å². The number of rotatable bonds is 8. The highest BCUT2D eigenvalue weighted by Crippen LogP contribution is 2.37. The maximum Gasteiger partial charge on any atom is 0.446 e. The van der Waals surface area contributed by atoms with Crippen molar-refractivity contribution in [2.75, 3.05) is 0 Å². The van der Waals surface area contributed by atoms with Crippen LogP contribution in [0.15, 0.2) is 29.2 Å². The van der Waals surface area contributed by atoms with Crippen LogP contribution in [0.4, 0.5) is 13.2 Å². The van der Waals surface area contributed by atoms with Gasteiger partial charge in [0.05, 0.1) is 6.10 Å². The number of benzene rings is 1. The van der Waals surface area contributed by atoms with Gasteiger partial charge in [-0.3, -0.25) is 0 Å². The van der Waals surface area contributed by atoms with Crippen LogP contribution in [-0.2, 0) is 0 Å². The molecule has 1 atom stereocenters. The molecule has 0 bridgehead atoms. The van der Waals surface area contributed by atoms with Crippen molar-refractivity contribution in [1.29, 1.82) is 0 Å². The highest BCUT2D eigenvalue weighted by molar-refractivity contribution is 8.00. The molecule has 0 spiro atoms. The van der Waals surface area contributed by atoms with E-state index in [1.165, 1.54) is 31.4 Å². The Morgan fingerprint density at radius 2 is 1.65 bits per heavy atom. The third kappa shape index (κ3) is 7.20. The molecule has 114 valence electrons. The first-order chi connectivity index (χ1) is 9.42. The molecule has 1 aromatic carbocycles. The fourth-order valence-electron chi connectivity index (χ4n) is 2.00. The Morgan fingerprint density at radius 1 is 1.05 bits per heavy atom. The number of hydrogen-bond donors (Lipinski definition) is 1. The first kappa shape index (κ1) is 17.4. The van der Waals surface area contributed by atoms with Gasteiger partial charge in [-0.1, -0.05) is 51.2 Å². The molecule has 1 N–H and O–H groups in total. The van der Waals surface area contributed by atoms with E-state index in [1.807, 2.05) is 0 Å². The van der Waals surface area contributed by atoms with Gasteiger partial charge in [0.25, 0.3) is 0 Å². The summed E-state index contributed by atoms with van der Waals surface area (Å²) < 4.78 is 36.5. The quantitative estimate of drug-likeness (QED) is 0.491. The van der Waals surface area contributed by atoms with Gasteiger partial charge in [-0.2, -0.15) is 13.2 Å². The van der Waals surface area contributed by atoms with Crippen molar-refractivity contribution in [1.82, 2.24) is 0 Å². The lowest BCUT2D eigenvalue weighted by Crippen LogP contribution is -2.00. The van der Waals surface area contributed by atoms with Gasteiger partial charge in [0.2, 0.25) is 0 Å². The first-order valence-electron chi connectivity index (χ1n) is 6.96. The molecule has 0 radical (unpaired) electrons. The lowest BCUT2D eigenvalue weighted by Gasteiger charge is -2.12. The van der Waals surface area contributed by atoms with Crippen LogP contribution in [-0.4, -0.2) is 10.6 Å². The lowest BCUT2D eigenvalue weighted by molar-refractivity contribution is -0.0328. The second kappa shape index (κ2) is 8.57. The second-order valence-electron chi connectivity index (χ2n) is 4.84. The number of halogens is 3. The molecular formula is C15H21F3OS. The lowest BCUT2D eigenvalue weighted by atomic mass is 10.0.